The lowest BCUT2D eigenvalue weighted by Crippen LogP contribution is -2.45. The number of rotatable bonds is 2. The lowest BCUT2D eigenvalue weighted by Gasteiger charge is -2.41. The fourth-order valence-electron chi connectivity index (χ4n) is 3.78. The minimum Gasteiger partial charge on any atom is -0.345 e. The molecule has 1 fully saturated rings. The molecule has 1 aliphatic carbocycles. The third-order valence-electron chi connectivity index (χ3n) is 5.13. The van der Waals surface area contributed by atoms with Gasteiger partial charge in [-0.25, -0.2) is 4.98 Å². The molecule has 0 amide bonds. The third kappa shape index (κ3) is 2.48. The molecule has 0 saturated carbocycles. The topological polar surface area (TPSA) is 28.2 Å². The van der Waals surface area contributed by atoms with Gasteiger partial charge in [0, 0.05) is 17.5 Å². The predicted molar refractivity (Wildman–Crippen MR) is 86.6 cm³/mol. The molecule has 1 N–H and O–H groups in total. The van der Waals surface area contributed by atoms with Gasteiger partial charge in [-0.1, -0.05) is 13.8 Å². The lowest BCUT2D eigenvalue weighted by atomic mass is 9.86. The molecule has 1 aliphatic heterocycles. The second-order valence-electron chi connectivity index (χ2n) is 6.75. The summed E-state index contributed by atoms with van der Waals surface area (Å²) < 4.78 is 0. The van der Waals surface area contributed by atoms with Crippen LogP contribution in [0, 0.1) is 11.8 Å². The highest BCUT2D eigenvalue weighted by Gasteiger charge is 2.32. The number of nitrogens with zero attached hydrogens (tertiary/aromatic N) is 2. The van der Waals surface area contributed by atoms with E-state index >= 15 is 0 Å². The van der Waals surface area contributed by atoms with Crippen LogP contribution >= 0.6 is 11.3 Å². The third-order valence-corrected chi connectivity index (χ3v) is 6.30. The number of aryl methyl sites for hydroxylation is 1. The molecule has 1 saturated heterocycles. The molecule has 1 aromatic heterocycles. The van der Waals surface area contributed by atoms with Crippen molar-refractivity contribution in [3.63, 3.8) is 0 Å². The van der Waals surface area contributed by atoms with Crippen LogP contribution in [0.2, 0.25) is 0 Å². The highest BCUT2D eigenvalue weighted by atomic mass is 32.1. The van der Waals surface area contributed by atoms with Crippen molar-refractivity contribution in [3.05, 3.63) is 10.6 Å². The summed E-state index contributed by atoms with van der Waals surface area (Å²) in [6.45, 7) is 8.30. The van der Waals surface area contributed by atoms with Crippen molar-refractivity contribution < 1.29 is 0 Å². The van der Waals surface area contributed by atoms with Crippen LogP contribution in [-0.2, 0) is 6.42 Å². The molecule has 20 heavy (non-hydrogen) atoms. The molecule has 0 radical (unpaired) electrons. The average Bonchev–Trinajstić information content (AvgIpc) is 2.86. The smallest absolute Gasteiger partial charge is 0.186 e. The zero-order valence-corrected chi connectivity index (χ0v) is 14.0. The SMILES string of the molecule is CNC1CCCc2sc(N3CC(C)CC(C)C3C)nc21. The van der Waals surface area contributed by atoms with Crippen molar-refractivity contribution >= 4 is 16.5 Å². The zero-order valence-electron chi connectivity index (χ0n) is 13.1. The summed E-state index contributed by atoms with van der Waals surface area (Å²) in [4.78, 5) is 9.11. The van der Waals surface area contributed by atoms with Crippen LogP contribution in [0.1, 0.15) is 56.6 Å². The van der Waals surface area contributed by atoms with E-state index in [1.54, 1.807) is 0 Å². The monoisotopic (exact) mass is 293 g/mol. The molecule has 4 heteroatoms. The number of fused-ring (bicyclic) bond motifs is 1. The molecule has 3 rings (SSSR count). The van der Waals surface area contributed by atoms with Gasteiger partial charge in [0.25, 0.3) is 0 Å². The van der Waals surface area contributed by atoms with Crippen molar-refractivity contribution in [1.82, 2.24) is 10.3 Å². The Balaban J connectivity index is 1.89. The molecule has 2 heterocycles. The molecule has 0 spiro atoms. The maximum Gasteiger partial charge on any atom is 0.186 e. The summed E-state index contributed by atoms with van der Waals surface area (Å²) >= 11 is 1.94. The van der Waals surface area contributed by atoms with E-state index in [-0.39, 0.29) is 0 Å². The second kappa shape index (κ2) is 5.64. The largest absolute Gasteiger partial charge is 0.345 e. The Morgan fingerprint density at radius 3 is 2.85 bits per heavy atom. The number of hydrogen-bond donors (Lipinski definition) is 1. The van der Waals surface area contributed by atoms with Crippen LogP contribution in [0.4, 0.5) is 5.13 Å². The van der Waals surface area contributed by atoms with Gasteiger partial charge in [-0.15, -0.1) is 11.3 Å². The maximum absolute atomic E-state index is 5.03. The van der Waals surface area contributed by atoms with E-state index in [1.165, 1.54) is 47.9 Å². The van der Waals surface area contributed by atoms with E-state index in [0.717, 1.165) is 11.8 Å². The Morgan fingerprint density at radius 1 is 1.30 bits per heavy atom. The van der Waals surface area contributed by atoms with Gasteiger partial charge >= 0.3 is 0 Å². The lowest BCUT2D eigenvalue weighted by molar-refractivity contribution is 0.296. The summed E-state index contributed by atoms with van der Waals surface area (Å²) in [6.07, 6.45) is 5.10. The number of anilines is 1. The first-order valence-electron chi connectivity index (χ1n) is 8.03. The quantitative estimate of drug-likeness (QED) is 0.903. The summed E-state index contributed by atoms with van der Waals surface area (Å²) in [5, 5.41) is 4.70. The summed E-state index contributed by atoms with van der Waals surface area (Å²) in [5.41, 5.74) is 1.33. The number of aromatic nitrogens is 1. The van der Waals surface area contributed by atoms with E-state index in [1.807, 2.05) is 11.3 Å². The zero-order chi connectivity index (χ0) is 14.3. The predicted octanol–water partition coefficient (Wildman–Crippen LogP) is 3.61. The van der Waals surface area contributed by atoms with Gasteiger partial charge < -0.3 is 10.2 Å². The first-order chi connectivity index (χ1) is 9.60. The normalized spacial score (nSPS) is 34.1. The van der Waals surface area contributed by atoms with Crippen LogP contribution in [0.5, 0.6) is 0 Å². The molecular weight excluding hydrogens is 266 g/mol. The van der Waals surface area contributed by atoms with Crippen molar-refractivity contribution in [2.24, 2.45) is 11.8 Å². The van der Waals surface area contributed by atoms with E-state index in [2.05, 4.69) is 38.0 Å². The Morgan fingerprint density at radius 2 is 2.10 bits per heavy atom. The van der Waals surface area contributed by atoms with Gasteiger partial charge in [-0.2, -0.15) is 0 Å². The Hall–Kier alpha value is -0.610. The number of piperidine rings is 1. The first-order valence-corrected chi connectivity index (χ1v) is 8.85. The summed E-state index contributed by atoms with van der Waals surface area (Å²) in [7, 11) is 2.06. The van der Waals surface area contributed by atoms with Crippen molar-refractivity contribution in [2.45, 2.75) is 58.5 Å². The van der Waals surface area contributed by atoms with E-state index in [4.69, 9.17) is 4.98 Å². The first kappa shape index (κ1) is 14.3. The maximum atomic E-state index is 5.03. The second-order valence-corrected chi connectivity index (χ2v) is 7.81. The Labute approximate surface area is 126 Å². The molecule has 4 unspecified atom stereocenters. The van der Waals surface area contributed by atoms with Crippen LogP contribution < -0.4 is 10.2 Å². The molecular formula is C16H27N3S. The fraction of sp³-hybridized carbons (Fsp3) is 0.812. The van der Waals surface area contributed by atoms with Crippen LogP contribution in [-0.4, -0.2) is 24.6 Å². The minimum absolute atomic E-state index is 0.471. The molecule has 4 atom stereocenters. The van der Waals surface area contributed by atoms with Crippen LogP contribution in [0.25, 0.3) is 0 Å². The van der Waals surface area contributed by atoms with E-state index < -0.39 is 0 Å². The Kier molecular flexibility index (Phi) is 4.04. The average molecular weight is 293 g/mol. The van der Waals surface area contributed by atoms with E-state index in [0.29, 0.717) is 12.1 Å². The van der Waals surface area contributed by atoms with Gasteiger partial charge in [-0.3, -0.25) is 0 Å². The number of nitrogens with one attached hydrogen (secondary N) is 1. The van der Waals surface area contributed by atoms with Gasteiger partial charge in [0.1, 0.15) is 0 Å². The van der Waals surface area contributed by atoms with Gasteiger partial charge in [0.2, 0.25) is 0 Å². The number of hydrogen-bond acceptors (Lipinski definition) is 4. The Bertz CT molecular complexity index is 470. The van der Waals surface area contributed by atoms with Crippen LogP contribution in [0.15, 0.2) is 0 Å². The molecule has 112 valence electrons. The standard InChI is InChI=1S/C16H27N3S/c1-10-8-11(2)12(3)19(9-10)16-18-15-13(17-4)6-5-7-14(15)20-16/h10-13,17H,5-9H2,1-4H3. The molecule has 2 aliphatic rings. The highest BCUT2D eigenvalue weighted by Crippen LogP contribution is 2.39. The molecule has 0 aromatic carbocycles. The van der Waals surface area contributed by atoms with Crippen LogP contribution in [0.3, 0.4) is 0 Å². The number of thiazole rings is 1. The molecule has 3 nitrogen and oxygen atoms in total. The van der Waals surface area contributed by atoms with Gasteiger partial charge in [0.15, 0.2) is 5.13 Å². The molecule has 1 aromatic rings. The molecule has 0 bridgehead atoms. The van der Waals surface area contributed by atoms with Crippen molar-refractivity contribution in [3.8, 4) is 0 Å². The fourth-order valence-corrected chi connectivity index (χ4v) is 5.04. The van der Waals surface area contributed by atoms with E-state index in [9.17, 15) is 0 Å². The van der Waals surface area contributed by atoms with Gasteiger partial charge in [-0.05, 0) is 51.5 Å². The summed E-state index contributed by atoms with van der Waals surface area (Å²) in [5.74, 6) is 1.54. The van der Waals surface area contributed by atoms with Crippen molar-refractivity contribution in [2.75, 3.05) is 18.5 Å². The van der Waals surface area contributed by atoms with Crippen molar-refractivity contribution in [1.29, 1.82) is 0 Å². The highest BCUT2D eigenvalue weighted by molar-refractivity contribution is 7.15. The summed E-state index contributed by atoms with van der Waals surface area (Å²) in [6, 6.07) is 1.09. The van der Waals surface area contributed by atoms with Gasteiger partial charge in [0.05, 0.1) is 11.7 Å². The minimum atomic E-state index is 0.471.